The minimum absolute atomic E-state index is 0.292. The maximum atomic E-state index is 10.1. The lowest BCUT2D eigenvalue weighted by molar-refractivity contribution is 0.0413. The Morgan fingerprint density at radius 1 is 1.24 bits per heavy atom. The van der Waals surface area contributed by atoms with Gasteiger partial charge in [0.15, 0.2) is 0 Å². The summed E-state index contributed by atoms with van der Waals surface area (Å²) in [6.07, 6.45) is 2.86. The van der Waals surface area contributed by atoms with Crippen LogP contribution < -0.4 is 5.73 Å². The average molecular weight is 459 g/mol. The summed E-state index contributed by atoms with van der Waals surface area (Å²) in [6.45, 7) is 0. The van der Waals surface area contributed by atoms with Crippen molar-refractivity contribution >= 4 is 45.2 Å². The molecule has 1 aromatic rings. The van der Waals surface area contributed by atoms with E-state index in [1.807, 2.05) is 12.1 Å². The third kappa shape index (κ3) is 2.87. The SMILES string of the molecule is N[C@H](c1cc(I)c(O)c(I)c1)[C@@H](O)C1CCC1. The van der Waals surface area contributed by atoms with Gasteiger partial charge in [-0.2, -0.15) is 0 Å². The molecule has 0 amide bonds. The normalized spacial score (nSPS) is 19.8. The minimum atomic E-state index is -0.472. The van der Waals surface area contributed by atoms with Crippen LogP contribution in [0.4, 0.5) is 0 Å². The number of hydrogen-bond donors (Lipinski definition) is 3. The monoisotopic (exact) mass is 459 g/mol. The van der Waals surface area contributed by atoms with Crippen molar-refractivity contribution in [3.8, 4) is 5.75 Å². The van der Waals surface area contributed by atoms with E-state index in [0.29, 0.717) is 11.7 Å². The number of halogens is 2. The maximum absolute atomic E-state index is 10.1. The first-order chi connectivity index (χ1) is 8.00. The van der Waals surface area contributed by atoms with Gasteiger partial charge < -0.3 is 15.9 Å². The van der Waals surface area contributed by atoms with Crippen LogP contribution in [0.25, 0.3) is 0 Å². The van der Waals surface area contributed by atoms with Crippen LogP contribution in [-0.2, 0) is 0 Å². The van der Waals surface area contributed by atoms with Crippen molar-refractivity contribution < 1.29 is 10.2 Å². The second kappa shape index (κ2) is 5.58. The van der Waals surface area contributed by atoms with Crippen molar-refractivity contribution in [1.29, 1.82) is 0 Å². The fraction of sp³-hybridized carbons (Fsp3) is 0.500. The molecule has 0 aliphatic heterocycles. The van der Waals surface area contributed by atoms with Gasteiger partial charge in [-0.25, -0.2) is 0 Å². The van der Waals surface area contributed by atoms with Gasteiger partial charge in [-0.05, 0) is 81.6 Å². The number of phenolic OH excluding ortho intramolecular Hbond substituents is 1. The molecular weight excluding hydrogens is 444 g/mol. The molecule has 0 spiro atoms. The van der Waals surface area contributed by atoms with Crippen molar-refractivity contribution in [2.45, 2.75) is 31.4 Å². The van der Waals surface area contributed by atoms with Crippen LogP contribution in [0.2, 0.25) is 0 Å². The summed E-state index contributed by atoms with van der Waals surface area (Å²) in [7, 11) is 0. The Kier molecular flexibility index (Phi) is 4.54. The number of hydrogen-bond acceptors (Lipinski definition) is 3. The maximum Gasteiger partial charge on any atom is 0.142 e. The smallest absolute Gasteiger partial charge is 0.142 e. The molecule has 0 radical (unpaired) electrons. The van der Waals surface area contributed by atoms with Crippen molar-refractivity contribution in [3.05, 3.63) is 24.8 Å². The van der Waals surface area contributed by atoms with E-state index in [1.54, 1.807) is 0 Å². The topological polar surface area (TPSA) is 66.5 Å². The van der Waals surface area contributed by atoms with Gasteiger partial charge in [0, 0.05) is 0 Å². The third-order valence-electron chi connectivity index (χ3n) is 3.42. The molecule has 1 fully saturated rings. The second-order valence-corrected chi connectivity index (χ2v) is 6.86. The fourth-order valence-corrected chi connectivity index (χ4v) is 3.87. The molecule has 1 aliphatic carbocycles. The average Bonchev–Trinajstić information content (AvgIpc) is 2.21. The highest BCUT2D eigenvalue weighted by Gasteiger charge is 2.31. The molecule has 0 saturated heterocycles. The highest BCUT2D eigenvalue weighted by molar-refractivity contribution is 14.1. The summed E-state index contributed by atoms with van der Waals surface area (Å²) < 4.78 is 1.56. The molecular formula is C12H15I2NO2. The summed E-state index contributed by atoms with van der Waals surface area (Å²) >= 11 is 4.16. The number of nitrogens with two attached hydrogens (primary N) is 1. The van der Waals surface area contributed by atoms with Crippen LogP contribution in [-0.4, -0.2) is 16.3 Å². The highest BCUT2D eigenvalue weighted by atomic mass is 127. The van der Waals surface area contributed by atoms with Crippen molar-refractivity contribution in [2.75, 3.05) is 0 Å². The van der Waals surface area contributed by atoms with E-state index in [9.17, 15) is 10.2 Å². The molecule has 0 heterocycles. The van der Waals surface area contributed by atoms with Gasteiger partial charge in [0.2, 0.25) is 0 Å². The molecule has 1 aliphatic rings. The molecule has 0 aromatic heterocycles. The predicted molar refractivity (Wildman–Crippen MR) is 83.8 cm³/mol. The Balaban J connectivity index is 2.21. The molecule has 5 heteroatoms. The molecule has 1 aromatic carbocycles. The quantitative estimate of drug-likeness (QED) is 0.610. The van der Waals surface area contributed by atoms with Crippen LogP contribution in [0.1, 0.15) is 30.9 Å². The zero-order valence-corrected chi connectivity index (χ0v) is 13.6. The summed E-state index contributed by atoms with van der Waals surface area (Å²) in [5.41, 5.74) is 7.00. The Morgan fingerprint density at radius 2 is 1.76 bits per heavy atom. The molecule has 17 heavy (non-hydrogen) atoms. The van der Waals surface area contributed by atoms with Gasteiger partial charge in [-0.1, -0.05) is 6.42 Å². The number of aliphatic hydroxyl groups is 1. The summed E-state index contributed by atoms with van der Waals surface area (Å²) in [4.78, 5) is 0. The van der Waals surface area contributed by atoms with E-state index < -0.39 is 6.10 Å². The summed E-state index contributed by atoms with van der Waals surface area (Å²) in [5, 5.41) is 19.8. The van der Waals surface area contributed by atoms with Gasteiger partial charge in [0.25, 0.3) is 0 Å². The molecule has 94 valence electrons. The highest BCUT2D eigenvalue weighted by Crippen LogP contribution is 2.36. The van der Waals surface area contributed by atoms with Crippen molar-refractivity contribution in [3.63, 3.8) is 0 Å². The molecule has 1 saturated carbocycles. The summed E-state index contributed by atoms with van der Waals surface area (Å²) in [5.74, 6) is 0.634. The number of aromatic hydroxyl groups is 1. The second-order valence-electron chi connectivity index (χ2n) is 4.54. The standard InChI is InChI=1S/C12H15I2NO2/c13-8-4-7(5-9(14)12(8)17)10(15)11(16)6-2-1-3-6/h4-6,10-11,16-17H,1-3,15H2/t10-,11+/m1/s1. The van der Waals surface area contributed by atoms with E-state index in [4.69, 9.17) is 5.73 Å². The first-order valence-electron chi connectivity index (χ1n) is 5.62. The van der Waals surface area contributed by atoms with Crippen molar-refractivity contribution in [2.24, 2.45) is 11.7 Å². The lowest BCUT2D eigenvalue weighted by Crippen LogP contribution is -2.36. The van der Waals surface area contributed by atoms with Crippen LogP contribution in [0.15, 0.2) is 12.1 Å². The Labute approximate surface area is 128 Å². The van der Waals surface area contributed by atoms with Crippen molar-refractivity contribution in [1.82, 2.24) is 0 Å². The first kappa shape index (κ1) is 13.8. The van der Waals surface area contributed by atoms with E-state index in [-0.39, 0.29) is 6.04 Å². The fourth-order valence-electron chi connectivity index (χ4n) is 2.05. The first-order valence-corrected chi connectivity index (χ1v) is 7.78. The summed E-state index contributed by atoms with van der Waals surface area (Å²) in [6, 6.07) is 3.35. The molecule has 4 N–H and O–H groups in total. The Hall–Kier alpha value is 0.400. The molecule has 2 rings (SSSR count). The zero-order valence-electron chi connectivity index (χ0n) is 9.24. The van der Waals surface area contributed by atoms with Crippen LogP contribution in [0.5, 0.6) is 5.75 Å². The molecule has 2 atom stereocenters. The van der Waals surface area contributed by atoms with Gasteiger partial charge in [-0.3, -0.25) is 0 Å². The largest absolute Gasteiger partial charge is 0.506 e. The van der Waals surface area contributed by atoms with E-state index in [1.165, 1.54) is 6.42 Å². The number of benzene rings is 1. The molecule has 0 bridgehead atoms. The number of rotatable bonds is 3. The van der Waals surface area contributed by atoms with Crippen LogP contribution in [0, 0.1) is 13.1 Å². The molecule has 3 nitrogen and oxygen atoms in total. The van der Waals surface area contributed by atoms with Gasteiger partial charge in [0.1, 0.15) is 5.75 Å². The molecule has 0 unspecified atom stereocenters. The number of phenols is 1. The van der Waals surface area contributed by atoms with E-state index >= 15 is 0 Å². The lowest BCUT2D eigenvalue weighted by Gasteiger charge is -2.34. The Morgan fingerprint density at radius 3 is 2.18 bits per heavy atom. The van der Waals surface area contributed by atoms with Gasteiger partial charge in [0.05, 0.1) is 19.3 Å². The van der Waals surface area contributed by atoms with Crippen LogP contribution in [0.3, 0.4) is 0 Å². The van der Waals surface area contributed by atoms with Gasteiger partial charge in [-0.15, -0.1) is 0 Å². The lowest BCUT2D eigenvalue weighted by atomic mass is 9.77. The zero-order chi connectivity index (χ0) is 12.6. The van der Waals surface area contributed by atoms with E-state index in [2.05, 4.69) is 45.2 Å². The third-order valence-corrected chi connectivity index (χ3v) is 5.07. The van der Waals surface area contributed by atoms with Crippen LogP contribution >= 0.6 is 45.2 Å². The Bertz CT molecular complexity index is 398. The van der Waals surface area contributed by atoms with Gasteiger partial charge >= 0.3 is 0 Å². The predicted octanol–water partition coefficient (Wildman–Crippen LogP) is 2.76. The van der Waals surface area contributed by atoms with E-state index in [0.717, 1.165) is 25.5 Å². The number of aliphatic hydroxyl groups excluding tert-OH is 1. The minimum Gasteiger partial charge on any atom is -0.506 e.